The van der Waals surface area contributed by atoms with Crippen molar-refractivity contribution in [3.8, 4) is 22.6 Å². The zero-order chi connectivity index (χ0) is 19.1. The summed E-state index contributed by atoms with van der Waals surface area (Å²) in [6.07, 6.45) is 1.40. The van der Waals surface area contributed by atoms with Gasteiger partial charge < -0.3 is 14.2 Å². The highest BCUT2D eigenvalue weighted by Gasteiger charge is 2.17. The zero-order valence-corrected chi connectivity index (χ0v) is 15.2. The van der Waals surface area contributed by atoms with Gasteiger partial charge in [-0.25, -0.2) is 4.79 Å². The van der Waals surface area contributed by atoms with Gasteiger partial charge in [0.15, 0.2) is 0 Å². The summed E-state index contributed by atoms with van der Waals surface area (Å²) in [4.78, 5) is 12.2. The van der Waals surface area contributed by atoms with E-state index in [4.69, 9.17) is 14.2 Å². The molecule has 0 saturated carbocycles. The number of methoxy groups -OCH3 is 2. The molecule has 0 amide bonds. The van der Waals surface area contributed by atoms with Crippen LogP contribution in [0, 0.1) is 0 Å². The maximum absolute atomic E-state index is 12.2. The summed E-state index contributed by atoms with van der Waals surface area (Å²) in [7, 11) is 2.85. The van der Waals surface area contributed by atoms with Crippen LogP contribution < -0.4 is 4.74 Å². The molecule has 0 aliphatic carbocycles. The summed E-state index contributed by atoms with van der Waals surface area (Å²) >= 11 is 0. The Morgan fingerprint density at radius 3 is 2.26 bits per heavy atom. The maximum Gasteiger partial charge on any atom is 0.341 e. The molecule has 0 unspecified atom stereocenters. The maximum atomic E-state index is 12.2. The summed E-state index contributed by atoms with van der Waals surface area (Å²) in [6, 6.07) is 24.9. The van der Waals surface area contributed by atoms with Gasteiger partial charge in [0, 0.05) is 0 Å². The lowest BCUT2D eigenvalue weighted by Gasteiger charge is -2.13. The van der Waals surface area contributed by atoms with Crippen LogP contribution >= 0.6 is 0 Å². The van der Waals surface area contributed by atoms with E-state index >= 15 is 0 Å². The van der Waals surface area contributed by atoms with Crippen molar-refractivity contribution in [2.45, 2.75) is 0 Å². The number of carbonyl (C=O) groups is 1. The van der Waals surface area contributed by atoms with Crippen LogP contribution in [0.5, 0.6) is 11.5 Å². The van der Waals surface area contributed by atoms with Gasteiger partial charge in [-0.05, 0) is 41.0 Å². The summed E-state index contributed by atoms with van der Waals surface area (Å²) in [6.45, 7) is 0. The third kappa shape index (κ3) is 4.36. The number of ether oxygens (including phenoxy) is 3. The highest BCUT2D eigenvalue weighted by molar-refractivity contribution is 6.18. The third-order valence-electron chi connectivity index (χ3n) is 3.98. The summed E-state index contributed by atoms with van der Waals surface area (Å²) in [5.41, 5.74) is 2.88. The molecule has 3 aromatic rings. The predicted octanol–water partition coefficient (Wildman–Crippen LogP) is 5.31. The van der Waals surface area contributed by atoms with E-state index in [0.29, 0.717) is 11.3 Å². The fourth-order valence-corrected chi connectivity index (χ4v) is 2.77. The molecule has 4 nitrogen and oxygen atoms in total. The van der Waals surface area contributed by atoms with Crippen LogP contribution in [0.2, 0.25) is 0 Å². The number of para-hydroxylation sites is 1. The summed E-state index contributed by atoms with van der Waals surface area (Å²) < 4.78 is 15.9. The minimum Gasteiger partial charge on any atom is -0.503 e. The molecular formula is C23H20O4. The van der Waals surface area contributed by atoms with E-state index in [2.05, 4.69) is 0 Å². The largest absolute Gasteiger partial charge is 0.503 e. The van der Waals surface area contributed by atoms with Crippen molar-refractivity contribution in [1.29, 1.82) is 0 Å². The zero-order valence-electron chi connectivity index (χ0n) is 15.2. The number of esters is 1. The first kappa shape index (κ1) is 18.3. The van der Waals surface area contributed by atoms with E-state index in [-0.39, 0.29) is 0 Å². The van der Waals surface area contributed by atoms with Gasteiger partial charge in [0.2, 0.25) is 0 Å². The number of rotatable bonds is 6. The molecule has 0 aliphatic rings. The molecule has 0 bridgehead atoms. The van der Waals surface area contributed by atoms with Crippen LogP contribution in [-0.2, 0) is 14.3 Å². The first-order valence-corrected chi connectivity index (χ1v) is 8.47. The Kier molecular flexibility index (Phi) is 5.90. The Morgan fingerprint density at radius 1 is 0.815 bits per heavy atom. The summed E-state index contributed by atoms with van der Waals surface area (Å²) in [5.74, 6) is 1.02. The fourth-order valence-electron chi connectivity index (χ4n) is 2.77. The van der Waals surface area contributed by atoms with Crippen molar-refractivity contribution in [3.05, 3.63) is 90.7 Å². The van der Waals surface area contributed by atoms with Crippen molar-refractivity contribution >= 4 is 11.5 Å². The van der Waals surface area contributed by atoms with Crippen molar-refractivity contribution in [2.75, 3.05) is 14.2 Å². The summed E-state index contributed by atoms with van der Waals surface area (Å²) in [5, 5.41) is 0. The van der Waals surface area contributed by atoms with Gasteiger partial charge in [-0.15, -0.1) is 0 Å². The normalized spacial score (nSPS) is 11.0. The van der Waals surface area contributed by atoms with E-state index in [1.54, 1.807) is 0 Å². The minimum absolute atomic E-state index is 0.352. The topological polar surface area (TPSA) is 44.8 Å². The van der Waals surface area contributed by atoms with Gasteiger partial charge in [-0.3, -0.25) is 0 Å². The average molecular weight is 360 g/mol. The number of carbonyl (C=O) groups excluding carboxylic acids is 1. The van der Waals surface area contributed by atoms with Crippen LogP contribution in [0.25, 0.3) is 16.7 Å². The standard InChI is InChI=1S/C23H20O4/c1-25-16-22(23(24)26-2)21-14-7-6-13-20(21)17-9-8-12-19(15-17)27-18-10-4-3-5-11-18/h3-16H,1-2H3. The van der Waals surface area contributed by atoms with Gasteiger partial charge in [-0.2, -0.15) is 0 Å². The first-order chi connectivity index (χ1) is 13.2. The molecule has 0 spiro atoms. The Balaban J connectivity index is 2.01. The van der Waals surface area contributed by atoms with E-state index < -0.39 is 5.97 Å². The molecule has 27 heavy (non-hydrogen) atoms. The molecule has 0 heterocycles. The van der Waals surface area contributed by atoms with Crippen molar-refractivity contribution in [1.82, 2.24) is 0 Å². The van der Waals surface area contributed by atoms with Gasteiger partial charge in [0.1, 0.15) is 17.1 Å². The highest BCUT2D eigenvalue weighted by atomic mass is 16.5. The monoisotopic (exact) mass is 360 g/mol. The van der Waals surface area contributed by atoms with Gasteiger partial charge >= 0.3 is 5.97 Å². The van der Waals surface area contributed by atoms with Crippen molar-refractivity contribution in [3.63, 3.8) is 0 Å². The number of benzene rings is 3. The molecule has 0 fully saturated rings. The van der Waals surface area contributed by atoms with E-state index in [1.807, 2.05) is 78.9 Å². The molecule has 0 atom stereocenters. The van der Waals surface area contributed by atoms with Crippen molar-refractivity contribution < 1.29 is 19.0 Å². The smallest absolute Gasteiger partial charge is 0.341 e. The van der Waals surface area contributed by atoms with Crippen LogP contribution in [0.1, 0.15) is 5.56 Å². The van der Waals surface area contributed by atoms with Gasteiger partial charge in [-0.1, -0.05) is 54.6 Å². The molecule has 0 radical (unpaired) electrons. The van der Waals surface area contributed by atoms with E-state index in [1.165, 1.54) is 20.5 Å². The molecule has 3 rings (SSSR count). The van der Waals surface area contributed by atoms with Gasteiger partial charge in [0.25, 0.3) is 0 Å². The molecule has 3 aromatic carbocycles. The molecule has 4 heteroatoms. The van der Waals surface area contributed by atoms with Crippen LogP contribution in [-0.4, -0.2) is 20.2 Å². The quantitative estimate of drug-likeness (QED) is 0.340. The van der Waals surface area contributed by atoms with Crippen molar-refractivity contribution in [2.24, 2.45) is 0 Å². The number of hydrogen-bond acceptors (Lipinski definition) is 4. The average Bonchev–Trinajstić information content (AvgIpc) is 2.72. The SMILES string of the molecule is COC=C(C(=O)OC)c1ccccc1-c1cccc(Oc2ccccc2)c1. The lowest BCUT2D eigenvalue weighted by Crippen LogP contribution is -2.05. The highest BCUT2D eigenvalue weighted by Crippen LogP contribution is 2.32. The van der Waals surface area contributed by atoms with Crippen LogP contribution in [0.4, 0.5) is 0 Å². The second-order valence-corrected chi connectivity index (χ2v) is 5.75. The Morgan fingerprint density at radius 2 is 1.52 bits per heavy atom. The van der Waals surface area contributed by atoms with E-state index in [9.17, 15) is 4.79 Å². The van der Waals surface area contributed by atoms with Gasteiger partial charge in [0.05, 0.1) is 20.5 Å². The molecule has 0 aliphatic heterocycles. The molecule has 136 valence electrons. The third-order valence-corrected chi connectivity index (χ3v) is 3.98. The fraction of sp³-hybridized carbons (Fsp3) is 0.0870. The molecule has 0 aromatic heterocycles. The second kappa shape index (κ2) is 8.72. The Labute approximate surface area is 158 Å². The molecule has 0 N–H and O–H groups in total. The lowest BCUT2D eigenvalue weighted by atomic mass is 9.95. The second-order valence-electron chi connectivity index (χ2n) is 5.75. The van der Waals surface area contributed by atoms with E-state index in [0.717, 1.165) is 22.4 Å². The Bertz CT molecular complexity index is 945. The lowest BCUT2D eigenvalue weighted by molar-refractivity contribution is -0.133. The first-order valence-electron chi connectivity index (χ1n) is 8.47. The Hall–Kier alpha value is -3.53. The predicted molar refractivity (Wildman–Crippen MR) is 105 cm³/mol. The van der Waals surface area contributed by atoms with Crippen LogP contribution in [0.15, 0.2) is 85.1 Å². The molecule has 0 saturated heterocycles. The molecular weight excluding hydrogens is 340 g/mol. The number of hydrogen-bond donors (Lipinski definition) is 0. The van der Waals surface area contributed by atoms with Crippen LogP contribution in [0.3, 0.4) is 0 Å². The minimum atomic E-state index is -0.457.